The maximum atomic E-state index is 6.22. The summed E-state index contributed by atoms with van der Waals surface area (Å²) in [7, 11) is -1.41. The van der Waals surface area contributed by atoms with E-state index in [0.29, 0.717) is 0 Å². The van der Waals surface area contributed by atoms with E-state index in [1.54, 1.807) is 0 Å². The van der Waals surface area contributed by atoms with E-state index < -0.39 is 8.32 Å². The fourth-order valence-electron chi connectivity index (χ4n) is 2.67. The first-order valence-corrected chi connectivity index (χ1v) is 11.9. The highest BCUT2D eigenvalue weighted by Gasteiger charge is 2.21. The predicted molar refractivity (Wildman–Crippen MR) is 96.4 cm³/mol. The SMILES string of the molecule is CCCCCCCC[Si](C)(C)OCCCc1ccccc1. The molecule has 2 heteroatoms. The fourth-order valence-corrected chi connectivity index (χ4v) is 4.62. The molecule has 1 aromatic carbocycles. The first-order chi connectivity index (χ1) is 10.1. The zero-order chi connectivity index (χ0) is 15.4. The van der Waals surface area contributed by atoms with Crippen LogP contribution in [0.4, 0.5) is 0 Å². The summed E-state index contributed by atoms with van der Waals surface area (Å²) in [4.78, 5) is 0. The second-order valence-electron chi connectivity index (χ2n) is 6.72. The average molecular weight is 307 g/mol. The maximum Gasteiger partial charge on any atom is 0.186 e. The third-order valence-electron chi connectivity index (χ3n) is 4.08. The number of unbranched alkanes of at least 4 members (excludes halogenated alkanes) is 5. The normalized spacial score (nSPS) is 11.8. The van der Waals surface area contributed by atoms with Crippen molar-refractivity contribution < 1.29 is 4.43 Å². The van der Waals surface area contributed by atoms with Crippen molar-refractivity contribution in [1.29, 1.82) is 0 Å². The van der Waals surface area contributed by atoms with Gasteiger partial charge in [-0.25, -0.2) is 0 Å². The van der Waals surface area contributed by atoms with Crippen molar-refractivity contribution in [1.82, 2.24) is 0 Å². The van der Waals surface area contributed by atoms with Gasteiger partial charge < -0.3 is 4.43 Å². The molecule has 21 heavy (non-hydrogen) atoms. The quantitative estimate of drug-likeness (QED) is 0.330. The molecule has 0 saturated carbocycles. The molecule has 0 aliphatic heterocycles. The van der Waals surface area contributed by atoms with Crippen molar-refractivity contribution in [3.05, 3.63) is 35.9 Å². The lowest BCUT2D eigenvalue weighted by molar-refractivity contribution is 0.299. The molecule has 0 bridgehead atoms. The van der Waals surface area contributed by atoms with Gasteiger partial charge in [-0.05, 0) is 37.5 Å². The molecule has 0 heterocycles. The largest absolute Gasteiger partial charge is 0.417 e. The first kappa shape index (κ1) is 18.4. The van der Waals surface area contributed by atoms with Crippen molar-refractivity contribution >= 4 is 8.32 Å². The summed E-state index contributed by atoms with van der Waals surface area (Å²) in [6.45, 7) is 7.96. The van der Waals surface area contributed by atoms with Gasteiger partial charge in [0.15, 0.2) is 8.32 Å². The number of hydrogen-bond acceptors (Lipinski definition) is 1. The van der Waals surface area contributed by atoms with Crippen LogP contribution in [0.5, 0.6) is 0 Å². The van der Waals surface area contributed by atoms with Crippen LogP contribution in [0.3, 0.4) is 0 Å². The Kier molecular flexibility index (Phi) is 9.69. The van der Waals surface area contributed by atoms with Gasteiger partial charge in [0, 0.05) is 6.61 Å². The Morgan fingerprint density at radius 2 is 1.52 bits per heavy atom. The minimum absolute atomic E-state index is 0.934. The van der Waals surface area contributed by atoms with Gasteiger partial charge in [0.25, 0.3) is 0 Å². The van der Waals surface area contributed by atoms with Crippen LogP contribution in [0.15, 0.2) is 30.3 Å². The summed E-state index contributed by atoms with van der Waals surface area (Å²) in [6.07, 6.45) is 10.6. The fraction of sp³-hybridized carbons (Fsp3) is 0.684. The molecular weight excluding hydrogens is 272 g/mol. The van der Waals surface area contributed by atoms with Crippen molar-refractivity contribution in [3.63, 3.8) is 0 Å². The molecule has 0 saturated heterocycles. The van der Waals surface area contributed by atoms with Gasteiger partial charge >= 0.3 is 0 Å². The molecule has 0 fully saturated rings. The van der Waals surface area contributed by atoms with Crippen LogP contribution in [-0.4, -0.2) is 14.9 Å². The molecule has 1 nitrogen and oxygen atoms in total. The third-order valence-corrected chi connectivity index (χ3v) is 6.62. The second-order valence-corrected chi connectivity index (χ2v) is 11.0. The number of hydrogen-bond donors (Lipinski definition) is 0. The zero-order valence-corrected chi connectivity index (χ0v) is 15.4. The Morgan fingerprint density at radius 3 is 2.24 bits per heavy atom. The van der Waals surface area contributed by atoms with Gasteiger partial charge in [0.2, 0.25) is 0 Å². The molecule has 0 atom stereocenters. The van der Waals surface area contributed by atoms with Crippen molar-refractivity contribution in [3.8, 4) is 0 Å². The lowest BCUT2D eigenvalue weighted by Gasteiger charge is -2.23. The Balaban J connectivity index is 2.04. The summed E-state index contributed by atoms with van der Waals surface area (Å²) in [5.41, 5.74) is 1.43. The summed E-state index contributed by atoms with van der Waals surface area (Å²) < 4.78 is 6.22. The first-order valence-electron chi connectivity index (χ1n) is 8.82. The topological polar surface area (TPSA) is 9.23 Å². The van der Waals surface area contributed by atoms with Crippen LogP contribution < -0.4 is 0 Å². The van der Waals surface area contributed by atoms with E-state index in [1.165, 1.54) is 50.1 Å². The minimum Gasteiger partial charge on any atom is -0.417 e. The molecule has 0 amide bonds. The van der Waals surface area contributed by atoms with Crippen molar-refractivity contribution in [2.24, 2.45) is 0 Å². The predicted octanol–water partition coefficient (Wildman–Crippen LogP) is 6.20. The molecule has 0 aliphatic carbocycles. The van der Waals surface area contributed by atoms with E-state index in [1.807, 2.05) is 0 Å². The summed E-state index contributed by atoms with van der Waals surface area (Å²) in [5, 5.41) is 0. The Hall–Kier alpha value is -0.603. The summed E-state index contributed by atoms with van der Waals surface area (Å²) in [6, 6.07) is 12.1. The van der Waals surface area contributed by atoms with E-state index in [9.17, 15) is 0 Å². The zero-order valence-electron chi connectivity index (χ0n) is 14.4. The smallest absolute Gasteiger partial charge is 0.186 e. The maximum absolute atomic E-state index is 6.22. The molecule has 1 aromatic rings. The van der Waals surface area contributed by atoms with Crippen LogP contribution in [0.2, 0.25) is 19.1 Å². The van der Waals surface area contributed by atoms with Crippen LogP contribution in [0, 0.1) is 0 Å². The molecular formula is C19H34OSi. The minimum atomic E-state index is -1.41. The van der Waals surface area contributed by atoms with Crippen LogP contribution in [0.25, 0.3) is 0 Å². The van der Waals surface area contributed by atoms with Crippen LogP contribution in [0.1, 0.15) is 57.4 Å². The third kappa shape index (κ3) is 9.86. The van der Waals surface area contributed by atoms with Crippen molar-refractivity contribution in [2.45, 2.75) is 77.4 Å². The Labute approximate surface area is 133 Å². The molecule has 0 N–H and O–H groups in total. The highest BCUT2D eigenvalue weighted by atomic mass is 28.4. The molecule has 0 unspecified atom stereocenters. The number of aryl methyl sites for hydroxylation is 1. The Bertz CT molecular complexity index is 348. The van der Waals surface area contributed by atoms with E-state index in [-0.39, 0.29) is 0 Å². The average Bonchev–Trinajstić information content (AvgIpc) is 2.48. The van der Waals surface area contributed by atoms with Gasteiger partial charge in [0.05, 0.1) is 0 Å². The van der Waals surface area contributed by atoms with E-state index in [4.69, 9.17) is 4.43 Å². The van der Waals surface area contributed by atoms with E-state index in [2.05, 4.69) is 50.3 Å². The van der Waals surface area contributed by atoms with Gasteiger partial charge in [-0.1, -0.05) is 75.8 Å². The van der Waals surface area contributed by atoms with Crippen LogP contribution >= 0.6 is 0 Å². The van der Waals surface area contributed by atoms with E-state index >= 15 is 0 Å². The summed E-state index contributed by atoms with van der Waals surface area (Å²) in [5.74, 6) is 0. The highest BCUT2D eigenvalue weighted by molar-refractivity contribution is 6.71. The van der Waals surface area contributed by atoms with Crippen LogP contribution in [-0.2, 0) is 10.8 Å². The van der Waals surface area contributed by atoms with Gasteiger partial charge in [-0.3, -0.25) is 0 Å². The molecule has 0 radical (unpaired) electrons. The lowest BCUT2D eigenvalue weighted by atomic mass is 10.1. The lowest BCUT2D eigenvalue weighted by Crippen LogP contribution is -2.30. The molecule has 1 rings (SSSR count). The number of rotatable bonds is 12. The monoisotopic (exact) mass is 306 g/mol. The standard InChI is InChI=1S/C19H34OSi/c1-4-5-6-7-8-12-18-21(2,3)20-17-13-16-19-14-10-9-11-15-19/h9-11,14-15H,4-8,12-13,16-18H2,1-3H3. The summed E-state index contributed by atoms with van der Waals surface area (Å²) >= 11 is 0. The highest BCUT2D eigenvalue weighted by Crippen LogP contribution is 2.18. The Morgan fingerprint density at radius 1 is 0.857 bits per heavy atom. The second kappa shape index (κ2) is 11.0. The molecule has 120 valence electrons. The number of benzene rings is 1. The van der Waals surface area contributed by atoms with Crippen molar-refractivity contribution in [2.75, 3.05) is 6.61 Å². The van der Waals surface area contributed by atoms with Gasteiger partial charge in [-0.2, -0.15) is 0 Å². The molecule has 0 aliphatic rings. The molecule has 0 aromatic heterocycles. The van der Waals surface area contributed by atoms with Gasteiger partial charge in [0.1, 0.15) is 0 Å². The molecule has 0 spiro atoms. The van der Waals surface area contributed by atoms with E-state index in [0.717, 1.165) is 19.4 Å². The van der Waals surface area contributed by atoms with Gasteiger partial charge in [-0.15, -0.1) is 0 Å².